The van der Waals surface area contributed by atoms with Crippen LogP contribution in [-0.2, 0) is 34.7 Å². The van der Waals surface area contributed by atoms with Crippen molar-refractivity contribution in [2.75, 3.05) is 20.2 Å². The minimum atomic E-state index is -0.698. The minimum Gasteiger partial charge on any atom is -0.496 e. The third kappa shape index (κ3) is 11.0. The van der Waals surface area contributed by atoms with Crippen LogP contribution in [0.1, 0.15) is 144 Å². The predicted octanol–water partition coefficient (Wildman–Crippen LogP) is 7.66. The van der Waals surface area contributed by atoms with Crippen molar-refractivity contribution >= 4 is 31.2 Å². The summed E-state index contributed by atoms with van der Waals surface area (Å²) in [4.78, 5) is 54.7. The zero-order valence-corrected chi connectivity index (χ0v) is 37.4. The summed E-state index contributed by atoms with van der Waals surface area (Å²) in [5.41, 5.74) is -1.28. The zero-order valence-electron chi connectivity index (χ0n) is 37.4. The van der Waals surface area contributed by atoms with Crippen LogP contribution in [0.15, 0.2) is 18.2 Å². The summed E-state index contributed by atoms with van der Waals surface area (Å²) in [5.74, 6) is 0.252. The molecule has 324 valence electrons. The number of nitrogens with one attached hydrogen (secondary N) is 2. The number of rotatable bonds is 12. The second kappa shape index (κ2) is 17.2. The summed E-state index contributed by atoms with van der Waals surface area (Å²) in [7, 11) is 0.836. The van der Waals surface area contributed by atoms with Crippen molar-refractivity contribution < 1.29 is 47.4 Å². The number of ether oxygens (including phenoxy) is 4. The van der Waals surface area contributed by atoms with E-state index in [2.05, 4.69) is 31.4 Å². The minimum absolute atomic E-state index is 0.0776. The Bertz CT molecular complexity index is 1660. The first-order valence-corrected chi connectivity index (χ1v) is 21.3. The van der Waals surface area contributed by atoms with Gasteiger partial charge >= 0.3 is 25.3 Å². The molecule has 3 amide bonds. The Morgan fingerprint density at radius 2 is 1.53 bits per heavy atom. The van der Waals surface area contributed by atoms with Crippen molar-refractivity contribution in [3.8, 4) is 5.75 Å². The number of carbonyl (C=O) groups is 4. The van der Waals surface area contributed by atoms with Crippen molar-refractivity contribution in [1.29, 1.82) is 0 Å². The molecule has 0 aromatic heterocycles. The van der Waals surface area contributed by atoms with E-state index in [1.807, 2.05) is 47.6 Å². The van der Waals surface area contributed by atoms with Crippen LogP contribution < -0.4 is 15.4 Å². The van der Waals surface area contributed by atoms with Gasteiger partial charge in [-0.05, 0) is 149 Å². The molecule has 1 heterocycles. The average molecular weight is 812 g/mol. The van der Waals surface area contributed by atoms with Crippen LogP contribution in [0.4, 0.5) is 9.59 Å². The number of para-hydroxylation sites is 1. The topological polar surface area (TPSA) is 151 Å². The van der Waals surface area contributed by atoms with E-state index in [0.717, 1.165) is 31.2 Å². The van der Waals surface area contributed by atoms with Gasteiger partial charge in [0, 0.05) is 25.6 Å². The largest absolute Gasteiger partial charge is 0.496 e. The molecule has 13 nitrogen and oxygen atoms in total. The highest BCUT2D eigenvalue weighted by Crippen LogP contribution is 2.65. The van der Waals surface area contributed by atoms with Gasteiger partial charge in [-0.2, -0.15) is 0 Å². The maximum absolute atomic E-state index is 14.0. The summed E-state index contributed by atoms with van der Waals surface area (Å²) in [6.07, 6.45) is 4.44. The lowest BCUT2D eigenvalue weighted by Gasteiger charge is -2.64. The molecule has 5 aliphatic rings. The summed E-state index contributed by atoms with van der Waals surface area (Å²) >= 11 is 0. The lowest BCUT2D eigenvalue weighted by atomic mass is 9.43. The molecule has 0 radical (unpaired) electrons. The molecule has 58 heavy (non-hydrogen) atoms. The normalized spacial score (nSPS) is 27.0. The van der Waals surface area contributed by atoms with Gasteiger partial charge in [0.1, 0.15) is 28.1 Å². The molecule has 1 saturated heterocycles. The van der Waals surface area contributed by atoms with Crippen molar-refractivity contribution in [3.05, 3.63) is 29.3 Å². The van der Waals surface area contributed by atoms with Crippen LogP contribution in [0, 0.1) is 23.2 Å². The Morgan fingerprint density at radius 1 is 0.897 bits per heavy atom. The van der Waals surface area contributed by atoms with E-state index in [0.29, 0.717) is 48.8 Å². The number of carbonyl (C=O) groups excluding carboxylic acids is 4. The van der Waals surface area contributed by atoms with E-state index in [1.54, 1.807) is 37.8 Å². The Kier molecular flexibility index (Phi) is 13.5. The molecular weight excluding hydrogens is 741 g/mol. The maximum atomic E-state index is 14.0. The van der Waals surface area contributed by atoms with E-state index >= 15 is 0 Å². The van der Waals surface area contributed by atoms with Crippen LogP contribution >= 0.6 is 0 Å². The molecule has 4 saturated carbocycles. The molecule has 2 bridgehead atoms. The van der Waals surface area contributed by atoms with Gasteiger partial charge in [0.05, 0.1) is 24.8 Å². The number of alkyl carbamates (subject to hydrolysis) is 1. The SMILES string of the molecule is COc1c(C[C@H](NC(=O)CC2CCC(N(CCNC(=O)OC(C)(C)C)C(=O)OC(C)(C)C)CC2)B2O[C@@H]3C[C@@H]4C[C@@H](C4(C)C)[C@]3(C)O2)cccc1C(=O)OC(C)(C)C. The first-order valence-electron chi connectivity index (χ1n) is 21.3. The lowest BCUT2D eigenvalue weighted by Crippen LogP contribution is -2.65. The van der Waals surface area contributed by atoms with Crippen molar-refractivity contribution in [3.63, 3.8) is 0 Å². The molecule has 1 aromatic carbocycles. The molecular formula is C44H70BN3O10. The number of hydrogen-bond donors (Lipinski definition) is 2. The predicted molar refractivity (Wildman–Crippen MR) is 221 cm³/mol. The van der Waals surface area contributed by atoms with Crippen molar-refractivity contribution in [2.24, 2.45) is 23.2 Å². The number of methoxy groups -OCH3 is 1. The number of benzene rings is 1. The standard InChI is InChI=1S/C44H70BN3O10/c1-40(2,3)54-37(50)31-16-14-15-28(36(31)53-13)24-34(45-57-33-26-29-25-32(43(29,10)11)44(33,12)58-45)47-35(49)23-27-17-19-30(20-18-27)48(39(52)56-42(7,8)9)22-21-46-38(51)55-41(4,5)6/h14-16,27,29-30,32-34H,17-26H2,1-13H3,(H,46,51)(H,47,49)/t27?,29-,30?,32-,33+,34-,44-/m0/s1. The quantitative estimate of drug-likeness (QED) is 0.122. The first-order chi connectivity index (χ1) is 26.8. The number of nitrogens with zero attached hydrogens (tertiary/aromatic N) is 1. The monoisotopic (exact) mass is 812 g/mol. The zero-order chi connectivity index (χ0) is 43.0. The van der Waals surface area contributed by atoms with Crippen molar-refractivity contribution in [1.82, 2.24) is 15.5 Å². The molecule has 4 aliphatic carbocycles. The molecule has 0 spiro atoms. The summed E-state index contributed by atoms with van der Waals surface area (Å²) in [6, 6.07) is 5.29. The van der Waals surface area contributed by atoms with Crippen LogP contribution in [0.3, 0.4) is 0 Å². The molecule has 14 heteroatoms. The average Bonchev–Trinajstić information content (AvgIpc) is 3.45. The number of hydrogen-bond acceptors (Lipinski definition) is 10. The van der Waals surface area contributed by atoms with Gasteiger partial charge in [-0.15, -0.1) is 0 Å². The van der Waals surface area contributed by atoms with E-state index in [4.69, 9.17) is 28.3 Å². The van der Waals surface area contributed by atoms with Gasteiger partial charge in [0.25, 0.3) is 0 Å². The third-order valence-corrected chi connectivity index (χ3v) is 12.4. The van der Waals surface area contributed by atoms with Gasteiger partial charge in [0.15, 0.2) is 0 Å². The fourth-order valence-electron chi connectivity index (χ4n) is 9.53. The summed E-state index contributed by atoms with van der Waals surface area (Å²) in [6.45, 7) is 23.6. The van der Waals surface area contributed by atoms with Gasteiger partial charge in [-0.3, -0.25) is 4.79 Å². The highest BCUT2D eigenvalue weighted by atomic mass is 16.7. The van der Waals surface area contributed by atoms with Gasteiger partial charge in [-0.25, -0.2) is 14.4 Å². The Balaban J connectivity index is 1.28. The fraction of sp³-hybridized carbons (Fsp3) is 0.773. The molecule has 2 N–H and O–H groups in total. The van der Waals surface area contributed by atoms with Gasteiger partial charge < -0.3 is 43.8 Å². The fourth-order valence-corrected chi connectivity index (χ4v) is 9.53. The lowest BCUT2D eigenvalue weighted by molar-refractivity contribution is -0.199. The van der Waals surface area contributed by atoms with Crippen LogP contribution in [-0.4, -0.2) is 96.8 Å². The molecule has 0 unspecified atom stereocenters. The Hall–Kier alpha value is -3.52. The molecule has 5 atom stereocenters. The van der Waals surface area contributed by atoms with Crippen molar-refractivity contribution in [2.45, 2.75) is 175 Å². The van der Waals surface area contributed by atoms with E-state index < -0.39 is 53.6 Å². The van der Waals surface area contributed by atoms with E-state index in [9.17, 15) is 19.2 Å². The van der Waals surface area contributed by atoms with Crippen LogP contribution in [0.25, 0.3) is 0 Å². The molecule has 1 aromatic rings. The Labute approximate surface area is 346 Å². The first kappa shape index (κ1) is 45.6. The van der Waals surface area contributed by atoms with E-state index in [-0.39, 0.29) is 42.5 Å². The molecule has 5 fully saturated rings. The van der Waals surface area contributed by atoms with E-state index in [1.165, 1.54) is 7.11 Å². The maximum Gasteiger partial charge on any atom is 0.482 e. The number of amides is 3. The summed E-state index contributed by atoms with van der Waals surface area (Å²) < 4.78 is 36.3. The number of esters is 1. The second-order valence-electron chi connectivity index (χ2n) is 20.7. The third-order valence-electron chi connectivity index (χ3n) is 12.4. The van der Waals surface area contributed by atoms with Gasteiger partial charge in [-0.1, -0.05) is 26.0 Å². The highest BCUT2D eigenvalue weighted by molar-refractivity contribution is 6.48. The van der Waals surface area contributed by atoms with Gasteiger partial charge in [0.2, 0.25) is 5.91 Å². The molecule has 1 aliphatic heterocycles. The van der Waals surface area contributed by atoms with Crippen LogP contribution in [0.5, 0.6) is 5.75 Å². The highest BCUT2D eigenvalue weighted by Gasteiger charge is 2.68. The smallest absolute Gasteiger partial charge is 0.482 e. The van der Waals surface area contributed by atoms with Crippen LogP contribution in [0.2, 0.25) is 0 Å². The Morgan fingerprint density at radius 3 is 2.12 bits per heavy atom. The molecule has 6 rings (SSSR count). The second-order valence-corrected chi connectivity index (χ2v) is 20.7. The summed E-state index contributed by atoms with van der Waals surface area (Å²) in [5, 5.41) is 6.06.